The standard InChI is InChI=1S/C15H32N4/c1-2-15(14-16)19-12-10-18(11-13-19)9-5-8-17-6-3-4-7-17/h15H,2-14,16H2,1H3. The van der Waals surface area contributed by atoms with Gasteiger partial charge < -0.3 is 15.5 Å². The van der Waals surface area contributed by atoms with E-state index in [1.165, 1.54) is 78.0 Å². The third kappa shape index (κ3) is 4.71. The minimum Gasteiger partial charge on any atom is -0.329 e. The molecule has 0 aliphatic carbocycles. The third-order valence-electron chi connectivity index (χ3n) is 4.81. The molecule has 2 fully saturated rings. The Bertz CT molecular complexity index is 226. The van der Waals surface area contributed by atoms with Crippen molar-refractivity contribution in [1.29, 1.82) is 0 Å². The highest BCUT2D eigenvalue weighted by Crippen LogP contribution is 2.10. The Hall–Kier alpha value is -0.160. The number of hydrogen-bond donors (Lipinski definition) is 1. The van der Waals surface area contributed by atoms with E-state index in [1.54, 1.807) is 0 Å². The smallest absolute Gasteiger partial charge is 0.0216 e. The summed E-state index contributed by atoms with van der Waals surface area (Å²) in [6.07, 6.45) is 5.35. The van der Waals surface area contributed by atoms with Gasteiger partial charge >= 0.3 is 0 Å². The fraction of sp³-hybridized carbons (Fsp3) is 1.00. The van der Waals surface area contributed by atoms with E-state index in [1.807, 2.05) is 0 Å². The summed E-state index contributed by atoms with van der Waals surface area (Å²) >= 11 is 0. The fourth-order valence-corrected chi connectivity index (χ4v) is 3.45. The predicted molar refractivity (Wildman–Crippen MR) is 81.4 cm³/mol. The summed E-state index contributed by atoms with van der Waals surface area (Å²) in [6, 6.07) is 0.603. The molecule has 0 spiro atoms. The van der Waals surface area contributed by atoms with Crippen LogP contribution in [0.25, 0.3) is 0 Å². The minimum absolute atomic E-state index is 0.603. The number of piperazine rings is 1. The second kappa shape index (κ2) is 8.20. The van der Waals surface area contributed by atoms with Crippen LogP contribution in [0.4, 0.5) is 0 Å². The van der Waals surface area contributed by atoms with E-state index < -0.39 is 0 Å². The lowest BCUT2D eigenvalue weighted by Gasteiger charge is -2.38. The molecule has 0 bridgehead atoms. The molecule has 4 nitrogen and oxygen atoms in total. The minimum atomic E-state index is 0.603. The first-order valence-corrected chi connectivity index (χ1v) is 8.22. The van der Waals surface area contributed by atoms with Crippen LogP contribution < -0.4 is 5.73 Å². The Morgan fingerprint density at radius 1 is 0.895 bits per heavy atom. The van der Waals surface area contributed by atoms with Crippen molar-refractivity contribution in [2.75, 3.05) is 58.9 Å². The Morgan fingerprint density at radius 2 is 1.47 bits per heavy atom. The van der Waals surface area contributed by atoms with Gasteiger partial charge in [0.15, 0.2) is 0 Å². The topological polar surface area (TPSA) is 35.7 Å². The van der Waals surface area contributed by atoms with E-state index >= 15 is 0 Å². The van der Waals surface area contributed by atoms with Crippen molar-refractivity contribution >= 4 is 0 Å². The normalized spacial score (nSPS) is 24.9. The molecular weight excluding hydrogens is 236 g/mol. The molecule has 0 saturated carbocycles. The Kier molecular flexibility index (Phi) is 6.57. The van der Waals surface area contributed by atoms with E-state index in [0.717, 1.165) is 6.54 Å². The molecule has 2 aliphatic rings. The van der Waals surface area contributed by atoms with E-state index in [0.29, 0.717) is 6.04 Å². The van der Waals surface area contributed by atoms with Gasteiger partial charge in [0.1, 0.15) is 0 Å². The van der Waals surface area contributed by atoms with Crippen LogP contribution >= 0.6 is 0 Å². The monoisotopic (exact) mass is 268 g/mol. The Morgan fingerprint density at radius 3 is 2.00 bits per heavy atom. The first-order chi connectivity index (χ1) is 9.33. The molecule has 0 aromatic rings. The predicted octanol–water partition coefficient (Wildman–Crippen LogP) is 0.827. The molecule has 2 aliphatic heterocycles. The van der Waals surface area contributed by atoms with Crippen molar-refractivity contribution in [3.63, 3.8) is 0 Å². The maximum atomic E-state index is 5.84. The molecule has 2 saturated heterocycles. The lowest BCUT2D eigenvalue weighted by atomic mass is 10.1. The van der Waals surface area contributed by atoms with Gasteiger partial charge in [-0.05, 0) is 51.9 Å². The second-order valence-electron chi connectivity index (χ2n) is 6.08. The van der Waals surface area contributed by atoms with Gasteiger partial charge in [0.05, 0.1) is 0 Å². The zero-order chi connectivity index (χ0) is 13.5. The quantitative estimate of drug-likeness (QED) is 0.742. The largest absolute Gasteiger partial charge is 0.329 e. The number of likely N-dealkylation sites (tertiary alicyclic amines) is 1. The van der Waals surface area contributed by atoms with Gasteiger partial charge in [0, 0.05) is 38.8 Å². The number of hydrogen-bond acceptors (Lipinski definition) is 4. The van der Waals surface area contributed by atoms with Gasteiger partial charge in [0.2, 0.25) is 0 Å². The van der Waals surface area contributed by atoms with Gasteiger partial charge in [-0.2, -0.15) is 0 Å². The number of nitrogens with two attached hydrogens (primary N) is 1. The van der Waals surface area contributed by atoms with Gasteiger partial charge in [-0.25, -0.2) is 0 Å². The van der Waals surface area contributed by atoms with Crippen molar-refractivity contribution in [2.24, 2.45) is 5.73 Å². The van der Waals surface area contributed by atoms with Crippen molar-refractivity contribution in [1.82, 2.24) is 14.7 Å². The van der Waals surface area contributed by atoms with Crippen LogP contribution in [0.3, 0.4) is 0 Å². The van der Waals surface area contributed by atoms with Crippen LogP contribution in [0.1, 0.15) is 32.6 Å². The fourth-order valence-electron chi connectivity index (χ4n) is 3.45. The molecule has 112 valence electrons. The molecule has 0 amide bonds. The number of rotatable bonds is 7. The van der Waals surface area contributed by atoms with Crippen molar-refractivity contribution in [3.8, 4) is 0 Å². The van der Waals surface area contributed by atoms with Crippen LogP contribution in [0, 0.1) is 0 Å². The maximum absolute atomic E-state index is 5.84. The molecule has 4 heteroatoms. The summed E-state index contributed by atoms with van der Waals surface area (Å²) in [5.74, 6) is 0. The molecule has 0 aromatic heterocycles. The maximum Gasteiger partial charge on any atom is 0.0216 e. The van der Waals surface area contributed by atoms with Crippen LogP contribution in [-0.2, 0) is 0 Å². The van der Waals surface area contributed by atoms with E-state index in [9.17, 15) is 0 Å². The summed E-state index contributed by atoms with van der Waals surface area (Å²) in [5, 5.41) is 0. The molecular formula is C15H32N4. The van der Waals surface area contributed by atoms with Crippen LogP contribution in [0.15, 0.2) is 0 Å². The average molecular weight is 268 g/mol. The van der Waals surface area contributed by atoms with Gasteiger partial charge in [-0.3, -0.25) is 4.90 Å². The van der Waals surface area contributed by atoms with Gasteiger partial charge in [-0.1, -0.05) is 6.92 Å². The second-order valence-corrected chi connectivity index (χ2v) is 6.08. The molecule has 2 rings (SSSR count). The third-order valence-corrected chi connectivity index (χ3v) is 4.81. The lowest BCUT2D eigenvalue weighted by Crippen LogP contribution is -2.52. The van der Waals surface area contributed by atoms with Gasteiger partial charge in [-0.15, -0.1) is 0 Å². The molecule has 0 radical (unpaired) electrons. The zero-order valence-electron chi connectivity index (χ0n) is 12.7. The van der Waals surface area contributed by atoms with Crippen LogP contribution in [-0.4, -0.2) is 79.6 Å². The van der Waals surface area contributed by atoms with E-state index in [4.69, 9.17) is 5.73 Å². The number of nitrogens with zero attached hydrogens (tertiary/aromatic N) is 3. The summed E-state index contributed by atoms with van der Waals surface area (Å²) < 4.78 is 0. The Balaban J connectivity index is 1.57. The van der Waals surface area contributed by atoms with E-state index in [2.05, 4.69) is 21.6 Å². The van der Waals surface area contributed by atoms with Gasteiger partial charge in [0.25, 0.3) is 0 Å². The van der Waals surface area contributed by atoms with Crippen molar-refractivity contribution in [2.45, 2.75) is 38.6 Å². The SMILES string of the molecule is CCC(CN)N1CCN(CCCN2CCCC2)CC1. The summed E-state index contributed by atoms with van der Waals surface area (Å²) in [7, 11) is 0. The van der Waals surface area contributed by atoms with Crippen LogP contribution in [0.2, 0.25) is 0 Å². The highest BCUT2D eigenvalue weighted by atomic mass is 15.3. The van der Waals surface area contributed by atoms with Crippen molar-refractivity contribution in [3.05, 3.63) is 0 Å². The summed E-state index contributed by atoms with van der Waals surface area (Å²) in [5.41, 5.74) is 5.84. The molecule has 2 N–H and O–H groups in total. The molecule has 1 unspecified atom stereocenters. The van der Waals surface area contributed by atoms with Crippen molar-refractivity contribution < 1.29 is 0 Å². The first kappa shape index (κ1) is 15.2. The molecule has 0 aromatic carbocycles. The molecule has 1 atom stereocenters. The first-order valence-electron chi connectivity index (χ1n) is 8.22. The zero-order valence-corrected chi connectivity index (χ0v) is 12.7. The lowest BCUT2D eigenvalue weighted by molar-refractivity contribution is 0.0942. The van der Waals surface area contributed by atoms with E-state index in [-0.39, 0.29) is 0 Å². The highest BCUT2D eigenvalue weighted by molar-refractivity contribution is 4.78. The Labute approximate surface area is 118 Å². The average Bonchev–Trinajstić information content (AvgIpc) is 2.95. The molecule has 2 heterocycles. The van der Waals surface area contributed by atoms with Crippen LogP contribution in [0.5, 0.6) is 0 Å². The molecule has 19 heavy (non-hydrogen) atoms. The summed E-state index contributed by atoms with van der Waals surface area (Å²) in [6.45, 7) is 13.2. The highest BCUT2D eigenvalue weighted by Gasteiger charge is 2.21. The summed E-state index contributed by atoms with van der Waals surface area (Å²) in [4.78, 5) is 7.84.